The zero-order valence-electron chi connectivity index (χ0n) is 10.2. The fourth-order valence-corrected chi connectivity index (χ4v) is 2.75. The van der Waals surface area contributed by atoms with Gasteiger partial charge in [-0.05, 0) is 30.3 Å². The van der Waals surface area contributed by atoms with E-state index in [1.807, 2.05) is 0 Å². The third-order valence-electron chi connectivity index (χ3n) is 2.54. The Bertz CT molecular complexity index is 809. The average molecular weight is 320 g/mol. The molecule has 0 saturated carbocycles. The van der Waals surface area contributed by atoms with Crippen molar-refractivity contribution in [3.8, 4) is 0 Å². The SMILES string of the molecule is Nc1ccc(F)cc1S(=O)(=O)Nc1ccc(F)c(F)c1F. The molecule has 0 radical (unpaired) electrons. The van der Waals surface area contributed by atoms with Gasteiger partial charge in [-0.3, -0.25) is 4.72 Å². The molecule has 0 aliphatic rings. The number of benzene rings is 2. The van der Waals surface area contributed by atoms with Crippen LogP contribution in [0.25, 0.3) is 0 Å². The molecule has 4 nitrogen and oxygen atoms in total. The van der Waals surface area contributed by atoms with Crippen molar-refractivity contribution in [2.24, 2.45) is 0 Å². The van der Waals surface area contributed by atoms with Gasteiger partial charge in [0.05, 0.1) is 11.4 Å². The quantitative estimate of drug-likeness (QED) is 0.519. The molecule has 0 spiro atoms. The molecular weight excluding hydrogens is 312 g/mol. The minimum atomic E-state index is -4.46. The van der Waals surface area contributed by atoms with Crippen molar-refractivity contribution in [1.29, 1.82) is 0 Å². The predicted molar refractivity (Wildman–Crippen MR) is 67.9 cm³/mol. The maximum absolute atomic E-state index is 13.4. The van der Waals surface area contributed by atoms with Crippen molar-refractivity contribution >= 4 is 21.4 Å². The minimum Gasteiger partial charge on any atom is -0.398 e. The second-order valence-corrected chi connectivity index (χ2v) is 5.66. The van der Waals surface area contributed by atoms with Gasteiger partial charge in [0.2, 0.25) is 0 Å². The number of halogens is 4. The molecule has 0 heterocycles. The maximum Gasteiger partial charge on any atom is 0.264 e. The monoisotopic (exact) mass is 320 g/mol. The highest BCUT2D eigenvalue weighted by Crippen LogP contribution is 2.25. The number of anilines is 2. The second-order valence-electron chi connectivity index (χ2n) is 4.01. The van der Waals surface area contributed by atoms with E-state index in [2.05, 4.69) is 0 Å². The summed E-state index contributed by atoms with van der Waals surface area (Å²) >= 11 is 0. The largest absolute Gasteiger partial charge is 0.398 e. The van der Waals surface area contributed by atoms with E-state index in [9.17, 15) is 26.0 Å². The van der Waals surface area contributed by atoms with Crippen LogP contribution >= 0.6 is 0 Å². The third-order valence-corrected chi connectivity index (χ3v) is 3.97. The van der Waals surface area contributed by atoms with E-state index in [0.29, 0.717) is 18.2 Å². The van der Waals surface area contributed by atoms with Crippen molar-refractivity contribution in [3.05, 3.63) is 53.6 Å². The lowest BCUT2D eigenvalue weighted by atomic mass is 10.3. The lowest BCUT2D eigenvalue weighted by Gasteiger charge is -2.11. The van der Waals surface area contributed by atoms with Crippen LogP contribution in [0.4, 0.5) is 28.9 Å². The Labute approximate surface area is 117 Å². The van der Waals surface area contributed by atoms with Gasteiger partial charge in [0.25, 0.3) is 10.0 Å². The molecule has 0 fully saturated rings. The lowest BCUT2D eigenvalue weighted by molar-refractivity contribution is 0.449. The summed E-state index contributed by atoms with van der Waals surface area (Å²) in [5.41, 5.74) is 4.30. The molecule has 21 heavy (non-hydrogen) atoms. The highest BCUT2D eigenvalue weighted by atomic mass is 32.2. The number of nitrogens with two attached hydrogens (primary N) is 1. The van der Waals surface area contributed by atoms with Gasteiger partial charge in [-0.25, -0.2) is 26.0 Å². The number of hydrogen-bond donors (Lipinski definition) is 2. The molecule has 9 heteroatoms. The van der Waals surface area contributed by atoms with Gasteiger partial charge in [-0.1, -0.05) is 0 Å². The number of nitrogens with one attached hydrogen (secondary N) is 1. The zero-order chi connectivity index (χ0) is 15.8. The van der Waals surface area contributed by atoms with Crippen LogP contribution < -0.4 is 10.5 Å². The topological polar surface area (TPSA) is 72.2 Å². The van der Waals surface area contributed by atoms with Gasteiger partial charge in [0.1, 0.15) is 10.7 Å². The fraction of sp³-hybridized carbons (Fsp3) is 0. The van der Waals surface area contributed by atoms with Gasteiger partial charge < -0.3 is 5.73 Å². The van der Waals surface area contributed by atoms with E-state index >= 15 is 0 Å². The summed E-state index contributed by atoms with van der Waals surface area (Å²) < 4.78 is 78.0. The predicted octanol–water partition coefficient (Wildman–Crippen LogP) is 2.63. The van der Waals surface area contributed by atoms with E-state index in [4.69, 9.17) is 5.73 Å². The minimum absolute atomic E-state index is 0.285. The molecule has 0 aliphatic heterocycles. The van der Waals surface area contributed by atoms with Crippen LogP contribution in [0.1, 0.15) is 0 Å². The standard InChI is InChI=1S/C12H8F4N2O2S/c13-6-1-3-8(17)10(5-6)21(19,20)18-9-4-2-7(14)11(15)12(9)16/h1-5,18H,17H2. The summed E-state index contributed by atoms with van der Waals surface area (Å²) in [5.74, 6) is -5.90. The molecule has 0 aromatic heterocycles. The van der Waals surface area contributed by atoms with Crippen LogP contribution in [0.15, 0.2) is 35.2 Å². The normalized spacial score (nSPS) is 11.4. The molecule has 112 valence electrons. The van der Waals surface area contributed by atoms with Crippen LogP contribution in [0.5, 0.6) is 0 Å². The van der Waals surface area contributed by atoms with Crippen LogP contribution in [0.2, 0.25) is 0 Å². The first-order valence-electron chi connectivity index (χ1n) is 5.43. The number of sulfonamides is 1. The van der Waals surface area contributed by atoms with E-state index in [1.54, 1.807) is 4.72 Å². The first-order chi connectivity index (χ1) is 9.72. The zero-order valence-corrected chi connectivity index (χ0v) is 11.0. The van der Waals surface area contributed by atoms with E-state index < -0.39 is 43.9 Å². The third kappa shape index (κ3) is 2.92. The van der Waals surface area contributed by atoms with Gasteiger partial charge in [0.15, 0.2) is 17.5 Å². The molecule has 2 aromatic rings. The van der Waals surface area contributed by atoms with Crippen LogP contribution in [-0.2, 0) is 10.0 Å². The first-order valence-corrected chi connectivity index (χ1v) is 6.92. The van der Waals surface area contributed by atoms with Gasteiger partial charge in [0, 0.05) is 0 Å². The Morgan fingerprint density at radius 2 is 1.62 bits per heavy atom. The Kier molecular flexibility index (Phi) is 3.77. The molecule has 0 saturated heterocycles. The van der Waals surface area contributed by atoms with Crippen molar-refractivity contribution in [3.63, 3.8) is 0 Å². The molecule has 0 bridgehead atoms. The Balaban J connectivity index is 2.47. The highest BCUT2D eigenvalue weighted by molar-refractivity contribution is 7.92. The molecule has 0 atom stereocenters. The van der Waals surface area contributed by atoms with Crippen LogP contribution in [0, 0.1) is 23.3 Å². The molecular formula is C12H8F4N2O2S. The number of hydrogen-bond acceptors (Lipinski definition) is 3. The van der Waals surface area contributed by atoms with Crippen LogP contribution in [-0.4, -0.2) is 8.42 Å². The maximum atomic E-state index is 13.4. The van der Waals surface area contributed by atoms with Crippen molar-refractivity contribution in [2.75, 3.05) is 10.5 Å². The molecule has 2 aromatic carbocycles. The van der Waals surface area contributed by atoms with E-state index in [1.165, 1.54) is 0 Å². The van der Waals surface area contributed by atoms with E-state index in [0.717, 1.165) is 12.1 Å². The first kappa shape index (κ1) is 15.1. The van der Waals surface area contributed by atoms with Crippen LogP contribution in [0.3, 0.4) is 0 Å². The highest BCUT2D eigenvalue weighted by Gasteiger charge is 2.22. The van der Waals surface area contributed by atoms with Crippen molar-refractivity contribution < 1.29 is 26.0 Å². The summed E-state index contributed by atoms with van der Waals surface area (Å²) in [6, 6.07) is 3.80. The fourth-order valence-electron chi connectivity index (χ4n) is 1.55. The Hall–Kier alpha value is -2.29. The number of rotatable bonds is 3. The summed E-state index contributed by atoms with van der Waals surface area (Å²) in [5, 5.41) is 0. The molecule has 0 unspecified atom stereocenters. The Morgan fingerprint density at radius 1 is 0.952 bits per heavy atom. The lowest BCUT2D eigenvalue weighted by Crippen LogP contribution is -2.16. The molecule has 0 amide bonds. The van der Waals surface area contributed by atoms with Gasteiger partial charge in [-0.2, -0.15) is 0 Å². The van der Waals surface area contributed by atoms with E-state index in [-0.39, 0.29) is 5.69 Å². The summed E-state index contributed by atoms with van der Waals surface area (Å²) in [4.78, 5) is -0.647. The molecule has 2 rings (SSSR count). The van der Waals surface area contributed by atoms with Crippen molar-refractivity contribution in [2.45, 2.75) is 4.90 Å². The van der Waals surface area contributed by atoms with Crippen molar-refractivity contribution in [1.82, 2.24) is 0 Å². The summed E-state index contributed by atoms with van der Waals surface area (Å²) in [7, 11) is -4.46. The summed E-state index contributed by atoms with van der Waals surface area (Å²) in [6.07, 6.45) is 0. The Morgan fingerprint density at radius 3 is 2.29 bits per heavy atom. The molecule has 3 N–H and O–H groups in total. The van der Waals surface area contributed by atoms with Gasteiger partial charge >= 0.3 is 0 Å². The second kappa shape index (κ2) is 5.24. The van der Waals surface area contributed by atoms with Gasteiger partial charge in [-0.15, -0.1) is 0 Å². The average Bonchev–Trinajstić information content (AvgIpc) is 2.42. The smallest absolute Gasteiger partial charge is 0.264 e. The summed E-state index contributed by atoms with van der Waals surface area (Å²) in [6.45, 7) is 0. The molecule has 0 aliphatic carbocycles. The number of nitrogen functional groups attached to an aromatic ring is 1.